The molecule has 0 aliphatic carbocycles. The second-order valence-corrected chi connectivity index (χ2v) is 8.11. The van der Waals surface area contributed by atoms with E-state index in [-0.39, 0.29) is 0 Å². The number of rotatable bonds is 4. The van der Waals surface area contributed by atoms with E-state index in [0.29, 0.717) is 0 Å². The molecule has 0 aliphatic heterocycles. The molecular formula is C6H20N5OPS. The molecule has 0 aromatic rings. The SMILES string of the molecule is CN(C)P(=NS(N)=O)(N(C)C)N(C)C. The van der Waals surface area contributed by atoms with E-state index in [4.69, 9.17) is 5.14 Å². The monoisotopic (exact) mass is 241 g/mol. The summed E-state index contributed by atoms with van der Waals surface area (Å²) in [6.45, 7) is 0. The topological polar surface area (TPSA) is 65.2 Å². The lowest BCUT2D eigenvalue weighted by Gasteiger charge is -2.40. The van der Waals surface area contributed by atoms with Gasteiger partial charge in [0.1, 0.15) is 0 Å². The molecule has 0 saturated heterocycles. The molecule has 0 fully saturated rings. The van der Waals surface area contributed by atoms with Crippen molar-refractivity contribution in [2.45, 2.75) is 0 Å². The van der Waals surface area contributed by atoms with Crippen LogP contribution in [0.1, 0.15) is 0 Å². The minimum atomic E-state index is -2.07. The van der Waals surface area contributed by atoms with E-state index < -0.39 is 18.7 Å². The molecule has 0 amide bonds. The molecule has 0 rings (SSSR count). The van der Waals surface area contributed by atoms with Gasteiger partial charge in [-0.1, -0.05) is 0 Å². The highest BCUT2D eigenvalue weighted by Gasteiger charge is 2.29. The summed E-state index contributed by atoms with van der Waals surface area (Å²) in [6.07, 6.45) is 0. The summed E-state index contributed by atoms with van der Waals surface area (Å²) in [7, 11) is 9.37. The van der Waals surface area contributed by atoms with Crippen molar-refractivity contribution in [1.29, 1.82) is 0 Å². The average Bonchev–Trinajstić information content (AvgIpc) is 1.97. The van der Waals surface area contributed by atoms with E-state index in [1.54, 1.807) is 0 Å². The summed E-state index contributed by atoms with van der Waals surface area (Å²) in [5.74, 6) is 0. The van der Waals surface area contributed by atoms with Crippen molar-refractivity contribution in [3.63, 3.8) is 0 Å². The number of nitrogens with two attached hydrogens (primary N) is 1. The van der Waals surface area contributed by atoms with Crippen LogP contribution < -0.4 is 5.14 Å². The fourth-order valence-electron chi connectivity index (χ4n) is 1.40. The molecular weight excluding hydrogens is 221 g/mol. The lowest BCUT2D eigenvalue weighted by atomic mass is 11.2. The van der Waals surface area contributed by atoms with Gasteiger partial charge in [-0.3, -0.25) is 14.0 Å². The Morgan fingerprint density at radius 1 is 1.00 bits per heavy atom. The van der Waals surface area contributed by atoms with Gasteiger partial charge in [0, 0.05) is 0 Å². The van der Waals surface area contributed by atoms with Gasteiger partial charge in [-0.15, -0.1) is 4.15 Å². The Hall–Kier alpha value is 0.220. The van der Waals surface area contributed by atoms with Crippen LogP contribution in [0.4, 0.5) is 0 Å². The van der Waals surface area contributed by atoms with Crippen molar-refractivity contribution < 1.29 is 4.21 Å². The standard InChI is InChI=1S/C6H20N5OPS/c1-9(2)13(10(3)4,11(5)6)8-14(7)12/h7H2,1-6H3. The molecule has 0 aromatic heterocycles. The van der Waals surface area contributed by atoms with Gasteiger partial charge >= 0.3 is 0 Å². The van der Waals surface area contributed by atoms with Gasteiger partial charge < -0.3 is 0 Å². The third kappa shape index (κ3) is 2.85. The van der Waals surface area contributed by atoms with Crippen LogP contribution in [-0.2, 0) is 11.2 Å². The summed E-state index contributed by atoms with van der Waals surface area (Å²) in [5.41, 5.74) is 0. The maximum absolute atomic E-state index is 11.0. The first-order chi connectivity index (χ1) is 6.25. The van der Waals surface area contributed by atoms with E-state index in [0.717, 1.165) is 0 Å². The molecule has 14 heavy (non-hydrogen) atoms. The highest BCUT2D eigenvalue weighted by Crippen LogP contribution is 2.54. The van der Waals surface area contributed by atoms with E-state index >= 15 is 0 Å². The molecule has 6 nitrogen and oxygen atoms in total. The highest BCUT2D eigenvalue weighted by molar-refractivity contribution is 7.86. The summed E-state index contributed by atoms with van der Waals surface area (Å²) in [4.78, 5) is 0. The van der Waals surface area contributed by atoms with Crippen molar-refractivity contribution >= 4 is 18.7 Å². The molecule has 86 valence electrons. The maximum Gasteiger partial charge on any atom is 0.215 e. The van der Waals surface area contributed by atoms with Crippen molar-refractivity contribution in [2.24, 2.45) is 9.29 Å². The highest BCUT2D eigenvalue weighted by atomic mass is 32.2. The molecule has 1 atom stereocenters. The summed E-state index contributed by atoms with van der Waals surface area (Å²) in [6, 6.07) is 0. The zero-order chi connectivity index (χ0) is 11.5. The molecule has 0 aromatic carbocycles. The minimum Gasteiger partial charge on any atom is -0.251 e. The predicted molar refractivity (Wildman–Crippen MR) is 62.7 cm³/mol. The van der Waals surface area contributed by atoms with Gasteiger partial charge in [0.25, 0.3) is 0 Å². The van der Waals surface area contributed by atoms with Crippen LogP contribution in [0.15, 0.2) is 4.15 Å². The summed E-state index contributed by atoms with van der Waals surface area (Å²) in [5, 5.41) is 5.25. The first-order valence-corrected chi connectivity index (χ1v) is 6.84. The lowest BCUT2D eigenvalue weighted by molar-refractivity contribution is 0.475. The molecule has 0 bridgehead atoms. The minimum absolute atomic E-state index is 1.65. The third-order valence-corrected chi connectivity index (χ3v) is 6.54. The second kappa shape index (κ2) is 5.34. The van der Waals surface area contributed by atoms with Crippen molar-refractivity contribution in [3.05, 3.63) is 0 Å². The maximum atomic E-state index is 11.0. The van der Waals surface area contributed by atoms with Gasteiger partial charge in [0.2, 0.25) is 11.2 Å². The first kappa shape index (κ1) is 14.2. The van der Waals surface area contributed by atoms with E-state index in [2.05, 4.69) is 4.15 Å². The Balaban J connectivity index is 5.51. The van der Waals surface area contributed by atoms with Crippen LogP contribution in [0.25, 0.3) is 0 Å². The third-order valence-electron chi connectivity index (χ3n) is 1.80. The normalized spacial score (nSPS) is 15.3. The molecule has 8 heteroatoms. The molecule has 0 aliphatic rings. The summed E-state index contributed by atoms with van der Waals surface area (Å²) >= 11 is -1.65. The fraction of sp³-hybridized carbons (Fsp3) is 1.00. The lowest BCUT2D eigenvalue weighted by Crippen LogP contribution is -2.31. The van der Waals surface area contributed by atoms with Gasteiger partial charge in [0.05, 0.1) is 0 Å². The summed E-state index contributed by atoms with van der Waals surface area (Å²) < 4.78 is 21.1. The van der Waals surface area contributed by atoms with Crippen molar-refractivity contribution in [2.75, 3.05) is 42.3 Å². The smallest absolute Gasteiger partial charge is 0.215 e. The van der Waals surface area contributed by atoms with Crippen LogP contribution in [0.2, 0.25) is 0 Å². The fourth-order valence-corrected chi connectivity index (χ4v) is 6.16. The van der Waals surface area contributed by atoms with Crippen LogP contribution in [-0.4, -0.2) is 60.5 Å². The Morgan fingerprint density at radius 3 is 1.36 bits per heavy atom. The van der Waals surface area contributed by atoms with Gasteiger partial charge in [0.15, 0.2) is 7.51 Å². The van der Waals surface area contributed by atoms with Gasteiger partial charge in [-0.25, -0.2) is 9.35 Å². The Bertz CT molecular complexity index is 236. The van der Waals surface area contributed by atoms with Gasteiger partial charge in [-0.05, 0) is 42.3 Å². The molecule has 2 N–H and O–H groups in total. The van der Waals surface area contributed by atoms with Crippen LogP contribution >= 0.6 is 7.51 Å². The van der Waals surface area contributed by atoms with Gasteiger partial charge in [-0.2, -0.15) is 0 Å². The zero-order valence-electron chi connectivity index (χ0n) is 9.63. The number of hydrogen-bond donors (Lipinski definition) is 1. The Kier molecular flexibility index (Phi) is 5.43. The number of nitrogens with zero attached hydrogens (tertiary/aromatic N) is 4. The number of hydrogen-bond acceptors (Lipinski definition) is 1. The van der Waals surface area contributed by atoms with Crippen molar-refractivity contribution in [3.8, 4) is 0 Å². The van der Waals surface area contributed by atoms with E-state index in [1.165, 1.54) is 0 Å². The van der Waals surface area contributed by atoms with Crippen molar-refractivity contribution in [1.82, 2.24) is 14.0 Å². The van der Waals surface area contributed by atoms with E-state index in [9.17, 15) is 4.21 Å². The molecule has 0 saturated carbocycles. The van der Waals surface area contributed by atoms with Crippen LogP contribution in [0.5, 0.6) is 0 Å². The van der Waals surface area contributed by atoms with E-state index in [1.807, 2.05) is 56.3 Å². The van der Waals surface area contributed by atoms with Crippen LogP contribution in [0.3, 0.4) is 0 Å². The zero-order valence-corrected chi connectivity index (χ0v) is 11.3. The Morgan fingerprint density at radius 2 is 1.29 bits per heavy atom. The molecule has 0 radical (unpaired) electrons. The molecule has 1 unspecified atom stereocenters. The molecule has 0 spiro atoms. The largest absolute Gasteiger partial charge is 0.251 e. The quantitative estimate of drug-likeness (QED) is 0.712. The molecule has 0 heterocycles. The van der Waals surface area contributed by atoms with Crippen LogP contribution in [0, 0.1) is 0 Å². The first-order valence-electron chi connectivity index (χ1n) is 4.07. The predicted octanol–water partition coefficient (Wildman–Crippen LogP) is 0.155. The second-order valence-electron chi connectivity index (χ2n) is 3.44. The average molecular weight is 241 g/mol. The Labute approximate surface area is 89.0 Å².